The van der Waals surface area contributed by atoms with Gasteiger partial charge >= 0.3 is 6.18 Å². The summed E-state index contributed by atoms with van der Waals surface area (Å²) in [6, 6.07) is 5.98. The fourth-order valence-electron chi connectivity index (χ4n) is 3.61. The van der Waals surface area contributed by atoms with Gasteiger partial charge in [-0.25, -0.2) is 9.97 Å². The molecule has 10 heteroatoms. The van der Waals surface area contributed by atoms with Gasteiger partial charge in [0, 0.05) is 42.8 Å². The van der Waals surface area contributed by atoms with Gasteiger partial charge in [0.25, 0.3) is 5.56 Å². The molecule has 4 rings (SSSR count). The lowest BCUT2D eigenvalue weighted by Gasteiger charge is -2.33. The molecule has 1 saturated heterocycles. The molecule has 30 heavy (non-hydrogen) atoms. The van der Waals surface area contributed by atoms with Crippen LogP contribution in [0.25, 0.3) is 11.4 Å². The molecule has 158 valence electrons. The van der Waals surface area contributed by atoms with Gasteiger partial charge in [-0.05, 0) is 37.5 Å². The molecule has 1 atom stereocenters. The molecule has 1 unspecified atom stereocenters. The lowest BCUT2D eigenvalue weighted by molar-refractivity contribution is -0.141. The average molecular weight is 418 g/mol. The van der Waals surface area contributed by atoms with Gasteiger partial charge in [0.15, 0.2) is 5.69 Å². The third kappa shape index (κ3) is 4.22. The molecule has 1 N–H and O–H groups in total. The number of aromatic amines is 1. The highest BCUT2D eigenvalue weighted by Gasteiger charge is 2.34. The van der Waals surface area contributed by atoms with Crippen molar-refractivity contribution in [2.45, 2.75) is 38.4 Å². The van der Waals surface area contributed by atoms with Gasteiger partial charge in [0.1, 0.15) is 11.6 Å². The summed E-state index contributed by atoms with van der Waals surface area (Å²) in [4.78, 5) is 25.5. The van der Waals surface area contributed by atoms with Crippen LogP contribution < -0.4 is 10.5 Å². The first-order valence-corrected chi connectivity index (χ1v) is 9.77. The monoisotopic (exact) mass is 418 g/mol. The summed E-state index contributed by atoms with van der Waals surface area (Å²) in [6.07, 6.45) is 0.815. The minimum Gasteiger partial charge on any atom is -0.354 e. The van der Waals surface area contributed by atoms with Crippen molar-refractivity contribution >= 4 is 5.82 Å². The van der Waals surface area contributed by atoms with Crippen LogP contribution in [0.5, 0.6) is 0 Å². The maximum absolute atomic E-state index is 12.8. The van der Waals surface area contributed by atoms with E-state index in [1.54, 1.807) is 6.20 Å². The summed E-state index contributed by atoms with van der Waals surface area (Å²) >= 11 is 0. The van der Waals surface area contributed by atoms with Gasteiger partial charge in [0.2, 0.25) is 0 Å². The summed E-state index contributed by atoms with van der Waals surface area (Å²) in [5.74, 6) is 1.19. The van der Waals surface area contributed by atoms with Crippen molar-refractivity contribution in [1.29, 1.82) is 0 Å². The molecule has 1 aliphatic rings. The third-order valence-corrected chi connectivity index (χ3v) is 5.17. The third-order valence-electron chi connectivity index (χ3n) is 5.17. The first-order chi connectivity index (χ1) is 14.3. The molecule has 0 aromatic carbocycles. The second-order valence-electron chi connectivity index (χ2n) is 7.26. The number of H-pyrrole nitrogens is 1. The highest BCUT2D eigenvalue weighted by atomic mass is 19.4. The van der Waals surface area contributed by atoms with Crippen LogP contribution in [0.15, 0.2) is 41.5 Å². The molecule has 0 spiro atoms. The summed E-state index contributed by atoms with van der Waals surface area (Å²) in [7, 11) is 0. The topological polar surface area (TPSA) is 79.7 Å². The smallest absolute Gasteiger partial charge is 0.354 e. The van der Waals surface area contributed by atoms with Crippen molar-refractivity contribution < 1.29 is 13.2 Å². The fourth-order valence-corrected chi connectivity index (χ4v) is 3.61. The second-order valence-corrected chi connectivity index (χ2v) is 7.26. The van der Waals surface area contributed by atoms with E-state index in [9.17, 15) is 18.0 Å². The highest BCUT2D eigenvalue weighted by Crippen LogP contribution is 2.30. The predicted molar refractivity (Wildman–Crippen MR) is 105 cm³/mol. The van der Waals surface area contributed by atoms with E-state index in [1.165, 1.54) is 16.9 Å². The van der Waals surface area contributed by atoms with E-state index in [1.807, 2.05) is 24.0 Å². The minimum atomic E-state index is -4.44. The number of hydrogen-bond acceptors (Lipinski definition) is 5. The van der Waals surface area contributed by atoms with Gasteiger partial charge < -0.3 is 9.88 Å². The van der Waals surface area contributed by atoms with Gasteiger partial charge in [-0.2, -0.15) is 18.3 Å². The van der Waals surface area contributed by atoms with Gasteiger partial charge in [0.05, 0.1) is 6.04 Å². The Morgan fingerprint density at radius 1 is 1.27 bits per heavy atom. The summed E-state index contributed by atoms with van der Waals surface area (Å²) in [6.45, 7) is 3.21. The molecule has 0 radical (unpaired) electrons. The van der Waals surface area contributed by atoms with Crippen molar-refractivity contribution in [3.63, 3.8) is 0 Å². The van der Waals surface area contributed by atoms with E-state index in [-0.39, 0.29) is 11.6 Å². The van der Waals surface area contributed by atoms with Crippen LogP contribution in [0.1, 0.15) is 37.2 Å². The van der Waals surface area contributed by atoms with E-state index in [0.29, 0.717) is 30.0 Å². The first-order valence-electron chi connectivity index (χ1n) is 9.77. The Labute approximate surface area is 170 Å². The number of halogens is 3. The predicted octanol–water partition coefficient (Wildman–Crippen LogP) is 3.45. The number of piperidine rings is 1. The molecule has 0 amide bonds. The number of nitrogens with one attached hydrogen (secondary N) is 1. The molecule has 0 bridgehead atoms. The molecule has 0 saturated carbocycles. The van der Waals surface area contributed by atoms with Crippen LogP contribution in [-0.2, 0) is 12.6 Å². The SMILES string of the molecule is CCc1cc(=O)[nH]c(-c2ccc(N3CCCC(n4ccc(C(F)(F)F)n4)C3)nc2)n1. The zero-order valence-corrected chi connectivity index (χ0v) is 16.4. The standard InChI is InChI=1S/C20H21F3N6O/c1-2-14-10-18(30)26-19(25-14)13-5-6-17(24-11-13)28-8-3-4-15(12-28)29-9-7-16(27-29)20(21,22)23/h5-7,9-11,15H,2-4,8,12H2,1H3,(H,25,26,30). The Morgan fingerprint density at radius 2 is 2.10 bits per heavy atom. The zero-order valence-electron chi connectivity index (χ0n) is 16.4. The minimum absolute atomic E-state index is 0.157. The lowest BCUT2D eigenvalue weighted by Crippen LogP contribution is -2.37. The van der Waals surface area contributed by atoms with Crippen molar-refractivity contribution in [2.75, 3.05) is 18.0 Å². The first kappa shape index (κ1) is 20.1. The van der Waals surface area contributed by atoms with Crippen molar-refractivity contribution in [3.8, 4) is 11.4 Å². The largest absolute Gasteiger partial charge is 0.435 e. The van der Waals surface area contributed by atoms with Gasteiger partial charge in [-0.1, -0.05) is 6.92 Å². The van der Waals surface area contributed by atoms with E-state index in [4.69, 9.17) is 0 Å². The summed E-state index contributed by atoms with van der Waals surface area (Å²) in [5, 5.41) is 3.71. The van der Waals surface area contributed by atoms with Crippen LogP contribution in [-0.4, -0.2) is 37.8 Å². The average Bonchev–Trinajstić information content (AvgIpc) is 3.24. The second kappa shape index (κ2) is 7.92. The van der Waals surface area contributed by atoms with Crippen molar-refractivity contribution in [3.05, 3.63) is 58.4 Å². The molecule has 1 aliphatic heterocycles. The number of pyridine rings is 1. The molecular formula is C20H21F3N6O. The van der Waals surface area contributed by atoms with Crippen LogP contribution >= 0.6 is 0 Å². The molecule has 3 aromatic rings. The maximum Gasteiger partial charge on any atom is 0.435 e. The number of rotatable bonds is 4. The maximum atomic E-state index is 12.8. The number of aromatic nitrogens is 5. The van der Waals surface area contributed by atoms with Crippen LogP contribution in [0, 0.1) is 0 Å². The molecule has 4 heterocycles. The lowest BCUT2D eigenvalue weighted by atomic mass is 10.1. The quantitative estimate of drug-likeness (QED) is 0.702. The molecule has 1 fully saturated rings. The Balaban J connectivity index is 1.51. The van der Waals surface area contributed by atoms with Gasteiger partial charge in [-0.3, -0.25) is 9.48 Å². The van der Waals surface area contributed by atoms with E-state index >= 15 is 0 Å². The highest BCUT2D eigenvalue weighted by molar-refractivity contribution is 5.56. The Morgan fingerprint density at radius 3 is 2.77 bits per heavy atom. The van der Waals surface area contributed by atoms with E-state index in [2.05, 4.69) is 20.1 Å². The van der Waals surface area contributed by atoms with Crippen LogP contribution in [0.4, 0.5) is 19.0 Å². The number of aryl methyl sites for hydroxylation is 1. The summed E-state index contributed by atoms with van der Waals surface area (Å²) < 4.78 is 39.9. The van der Waals surface area contributed by atoms with E-state index < -0.39 is 11.9 Å². The summed E-state index contributed by atoms with van der Waals surface area (Å²) in [5.41, 5.74) is 0.311. The Kier molecular flexibility index (Phi) is 5.31. The van der Waals surface area contributed by atoms with Gasteiger partial charge in [-0.15, -0.1) is 0 Å². The zero-order chi connectivity index (χ0) is 21.3. The normalized spacial score (nSPS) is 17.3. The van der Waals surface area contributed by atoms with Crippen molar-refractivity contribution in [1.82, 2.24) is 24.7 Å². The molecular weight excluding hydrogens is 397 g/mol. The fraction of sp³-hybridized carbons (Fsp3) is 0.400. The molecule has 3 aromatic heterocycles. The molecule has 7 nitrogen and oxygen atoms in total. The van der Waals surface area contributed by atoms with E-state index in [0.717, 1.165) is 31.3 Å². The Bertz CT molecular complexity index is 1070. The van der Waals surface area contributed by atoms with Crippen molar-refractivity contribution in [2.24, 2.45) is 0 Å². The number of alkyl halides is 3. The van der Waals surface area contributed by atoms with Crippen LogP contribution in [0.3, 0.4) is 0 Å². The van der Waals surface area contributed by atoms with Crippen LogP contribution in [0.2, 0.25) is 0 Å². The Hall–Kier alpha value is -3.17. The number of hydrogen-bond donors (Lipinski definition) is 1. The molecule has 0 aliphatic carbocycles. The number of nitrogens with zero attached hydrogens (tertiary/aromatic N) is 5. The number of anilines is 1.